The minimum absolute atomic E-state index is 0.121. The molecule has 4 heteroatoms. The second-order valence-electron chi connectivity index (χ2n) is 3.94. The third kappa shape index (κ3) is 2.45. The first-order chi connectivity index (χ1) is 6.70. The van der Waals surface area contributed by atoms with Crippen LogP contribution in [0.3, 0.4) is 0 Å². The van der Waals surface area contributed by atoms with Gasteiger partial charge in [-0.05, 0) is 19.3 Å². The van der Waals surface area contributed by atoms with Gasteiger partial charge in [0.1, 0.15) is 0 Å². The molecule has 4 nitrogen and oxygen atoms in total. The van der Waals surface area contributed by atoms with E-state index in [0.717, 1.165) is 13.0 Å². The standard InChI is InChI=1S/C10H21N3O/c1-2-9(10(12)14)13(7-6-11)8-4-3-5-8/h8-9H,2-7,11H2,1H3,(H2,12,14). The summed E-state index contributed by atoms with van der Waals surface area (Å²) >= 11 is 0. The molecule has 82 valence electrons. The van der Waals surface area contributed by atoms with Gasteiger partial charge >= 0.3 is 0 Å². The lowest BCUT2D eigenvalue weighted by Crippen LogP contribution is -2.53. The van der Waals surface area contributed by atoms with Crippen molar-refractivity contribution >= 4 is 5.91 Å². The van der Waals surface area contributed by atoms with Crippen molar-refractivity contribution in [3.8, 4) is 0 Å². The lowest BCUT2D eigenvalue weighted by atomic mass is 9.90. The van der Waals surface area contributed by atoms with Gasteiger partial charge in [-0.2, -0.15) is 0 Å². The van der Waals surface area contributed by atoms with Crippen LogP contribution in [0.2, 0.25) is 0 Å². The first kappa shape index (κ1) is 11.5. The van der Waals surface area contributed by atoms with E-state index in [1.807, 2.05) is 6.92 Å². The van der Waals surface area contributed by atoms with Crippen molar-refractivity contribution in [2.75, 3.05) is 13.1 Å². The van der Waals surface area contributed by atoms with E-state index in [-0.39, 0.29) is 11.9 Å². The molecule has 14 heavy (non-hydrogen) atoms. The zero-order valence-corrected chi connectivity index (χ0v) is 8.91. The van der Waals surface area contributed by atoms with Crippen LogP contribution in [0.1, 0.15) is 32.6 Å². The number of nitrogens with zero attached hydrogens (tertiary/aromatic N) is 1. The van der Waals surface area contributed by atoms with E-state index in [9.17, 15) is 4.79 Å². The van der Waals surface area contributed by atoms with Crippen LogP contribution in [-0.2, 0) is 4.79 Å². The van der Waals surface area contributed by atoms with Crippen LogP contribution in [-0.4, -0.2) is 36.0 Å². The Morgan fingerprint density at radius 3 is 2.50 bits per heavy atom. The maximum absolute atomic E-state index is 11.2. The smallest absolute Gasteiger partial charge is 0.234 e. The number of primary amides is 1. The van der Waals surface area contributed by atoms with Gasteiger partial charge in [-0.3, -0.25) is 9.69 Å². The average Bonchev–Trinajstić information content (AvgIpc) is 2.01. The SMILES string of the molecule is CCC(C(N)=O)N(CCN)C1CCC1. The summed E-state index contributed by atoms with van der Waals surface area (Å²) in [5.41, 5.74) is 10.9. The molecule has 1 atom stereocenters. The Balaban J connectivity index is 2.57. The molecule has 0 bridgehead atoms. The van der Waals surface area contributed by atoms with E-state index in [2.05, 4.69) is 4.90 Å². The number of amides is 1. The summed E-state index contributed by atoms with van der Waals surface area (Å²) in [6, 6.07) is 0.417. The highest BCUT2D eigenvalue weighted by atomic mass is 16.1. The number of hydrogen-bond acceptors (Lipinski definition) is 3. The molecule has 1 rings (SSSR count). The van der Waals surface area contributed by atoms with Crippen molar-refractivity contribution in [3.05, 3.63) is 0 Å². The van der Waals surface area contributed by atoms with Gasteiger partial charge < -0.3 is 11.5 Å². The molecule has 0 aromatic rings. The molecule has 1 amide bonds. The third-order valence-corrected chi connectivity index (χ3v) is 3.05. The topological polar surface area (TPSA) is 72.4 Å². The molecule has 0 aliphatic heterocycles. The van der Waals surface area contributed by atoms with Crippen molar-refractivity contribution < 1.29 is 4.79 Å². The Morgan fingerprint density at radius 1 is 1.57 bits per heavy atom. The second kappa shape index (κ2) is 5.32. The molecule has 0 aromatic carbocycles. The van der Waals surface area contributed by atoms with Crippen LogP contribution in [0, 0.1) is 0 Å². The first-order valence-corrected chi connectivity index (χ1v) is 5.45. The predicted octanol–water partition coefficient (Wildman–Crippen LogP) is 0.0635. The van der Waals surface area contributed by atoms with Gasteiger partial charge in [0.25, 0.3) is 0 Å². The Hall–Kier alpha value is -0.610. The van der Waals surface area contributed by atoms with Crippen LogP contribution in [0.5, 0.6) is 0 Å². The highest BCUT2D eigenvalue weighted by Gasteiger charge is 2.31. The fourth-order valence-corrected chi connectivity index (χ4v) is 2.06. The first-order valence-electron chi connectivity index (χ1n) is 5.45. The summed E-state index contributed by atoms with van der Waals surface area (Å²) in [4.78, 5) is 13.4. The molecule has 1 saturated carbocycles. The van der Waals surface area contributed by atoms with Gasteiger partial charge in [0.2, 0.25) is 5.91 Å². The second-order valence-corrected chi connectivity index (χ2v) is 3.94. The van der Waals surface area contributed by atoms with E-state index in [1.54, 1.807) is 0 Å². The number of carbonyl (C=O) groups is 1. The molecular formula is C10H21N3O. The summed E-state index contributed by atoms with van der Waals surface area (Å²) in [5, 5.41) is 0. The highest BCUT2D eigenvalue weighted by molar-refractivity contribution is 5.79. The Morgan fingerprint density at radius 2 is 2.21 bits per heavy atom. The molecule has 1 aliphatic carbocycles. The molecule has 0 heterocycles. The minimum Gasteiger partial charge on any atom is -0.368 e. The molecule has 1 fully saturated rings. The van der Waals surface area contributed by atoms with Crippen LogP contribution in [0.4, 0.5) is 0 Å². The summed E-state index contributed by atoms with van der Waals surface area (Å²) in [7, 11) is 0. The molecule has 0 spiro atoms. The Bertz CT molecular complexity index is 192. The van der Waals surface area contributed by atoms with E-state index >= 15 is 0 Å². The van der Waals surface area contributed by atoms with Crippen molar-refractivity contribution in [1.82, 2.24) is 4.90 Å². The molecule has 1 aliphatic rings. The maximum atomic E-state index is 11.2. The van der Waals surface area contributed by atoms with Crippen LogP contribution < -0.4 is 11.5 Å². The number of carbonyl (C=O) groups excluding carboxylic acids is 1. The van der Waals surface area contributed by atoms with Crippen LogP contribution >= 0.6 is 0 Å². The number of nitrogens with two attached hydrogens (primary N) is 2. The van der Waals surface area contributed by atoms with Gasteiger partial charge in [-0.25, -0.2) is 0 Å². The van der Waals surface area contributed by atoms with E-state index in [0.29, 0.717) is 12.6 Å². The van der Waals surface area contributed by atoms with Gasteiger partial charge in [-0.1, -0.05) is 13.3 Å². The number of hydrogen-bond donors (Lipinski definition) is 2. The normalized spacial score (nSPS) is 19.4. The van der Waals surface area contributed by atoms with E-state index in [4.69, 9.17) is 11.5 Å². The fourth-order valence-electron chi connectivity index (χ4n) is 2.06. The molecule has 0 aromatic heterocycles. The fraction of sp³-hybridized carbons (Fsp3) is 0.900. The lowest BCUT2D eigenvalue weighted by Gasteiger charge is -2.41. The zero-order chi connectivity index (χ0) is 10.6. The lowest BCUT2D eigenvalue weighted by molar-refractivity contribution is -0.125. The Kier molecular flexibility index (Phi) is 4.35. The van der Waals surface area contributed by atoms with Crippen molar-refractivity contribution in [3.63, 3.8) is 0 Å². The highest BCUT2D eigenvalue weighted by Crippen LogP contribution is 2.26. The van der Waals surface area contributed by atoms with Gasteiger partial charge in [0.05, 0.1) is 6.04 Å². The minimum atomic E-state index is -0.215. The summed E-state index contributed by atoms with van der Waals surface area (Å²) < 4.78 is 0. The van der Waals surface area contributed by atoms with Crippen LogP contribution in [0.25, 0.3) is 0 Å². The summed E-state index contributed by atoms with van der Waals surface area (Å²) in [6.45, 7) is 3.38. The maximum Gasteiger partial charge on any atom is 0.234 e. The molecule has 0 radical (unpaired) electrons. The monoisotopic (exact) mass is 199 g/mol. The quantitative estimate of drug-likeness (QED) is 0.635. The summed E-state index contributed by atoms with van der Waals surface area (Å²) in [5.74, 6) is -0.215. The molecule has 0 saturated heterocycles. The average molecular weight is 199 g/mol. The van der Waals surface area contributed by atoms with E-state index < -0.39 is 0 Å². The zero-order valence-electron chi connectivity index (χ0n) is 8.91. The molecule has 4 N–H and O–H groups in total. The van der Waals surface area contributed by atoms with Gasteiger partial charge in [-0.15, -0.1) is 0 Å². The Labute approximate surface area is 85.6 Å². The predicted molar refractivity (Wildman–Crippen MR) is 56.7 cm³/mol. The third-order valence-electron chi connectivity index (χ3n) is 3.05. The molecule has 1 unspecified atom stereocenters. The van der Waals surface area contributed by atoms with Crippen LogP contribution in [0.15, 0.2) is 0 Å². The largest absolute Gasteiger partial charge is 0.368 e. The number of rotatable bonds is 6. The van der Waals surface area contributed by atoms with Gasteiger partial charge in [0, 0.05) is 19.1 Å². The van der Waals surface area contributed by atoms with E-state index in [1.165, 1.54) is 19.3 Å². The van der Waals surface area contributed by atoms with Crippen molar-refractivity contribution in [2.45, 2.75) is 44.7 Å². The molecular weight excluding hydrogens is 178 g/mol. The van der Waals surface area contributed by atoms with Gasteiger partial charge in [0.15, 0.2) is 0 Å². The van der Waals surface area contributed by atoms with Crippen molar-refractivity contribution in [1.29, 1.82) is 0 Å². The van der Waals surface area contributed by atoms with Crippen molar-refractivity contribution in [2.24, 2.45) is 11.5 Å². The summed E-state index contributed by atoms with van der Waals surface area (Å²) in [6.07, 6.45) is 4.42.